The second kappa shape index (κ2) is 9.97. The molecule has 0 bridgehead atoms. The van der Waals surface area contributed by atoms with Crippen LogP contribution in [0.4, 0.5) is 0 Å². The molecule has 1 aromatic heterocycles. The molecule has 0 aliphatic heterocycles. The van der Waals surface area contributed by atoms with Crippen molar-refractivity contribution in [1.82, 2.24) is 9.55 Å². The number of rotatable bonds is 9. The van der Waals surface area contributed by atoms with E-state index >= 15 is 0 Å². The van der Waals surface area contributed by atoms with Crippen molar-refractivity contribution in [3.8, 4) is 11.5 Å². The van der Waals surface area contributed by atoms with Gasteiger partial charge in [-0.05, 0) is 30.3 Å². The summed E-state index contributed by atoms with van der Waals surface area (Å²) in [4.78, 5) is 30.3. The second-order valence-corrected chi connectivity index (χ2v) is 7.66. The fraction of sp³-hybridized carbons (Fsp3) is 0.286. The topological polar surface area (TPSA) is 79.7 Å². The van der Waals surface area contributed by atoms with Gasteiger partial charge in [0.1, 0.15) is 11.5 Å². The molecule has 0 unspecified atom stereocenters. The number of benzene rings is 2. The van der Waals surface area contributed by atoms with Crippen molar-refractivity contribution in [3.05, 3.63) is 57.3 Å². The van der Waals surface area contributed by atoms with E-state index in [4.69, 9.17) is 25.8 Å². The van der Waals surface area contributed by atoms with Gasteiger partial charge in [-0.25, -0.2) is 4.98 Å². The highest BCUT2D eigenvalue weighted by Gasteiger charge is 2.17. The molecule has 30 heavy (non-hydrogen) atoms. The van der Waals surface area contributed by atoms with Crippen LogP contribution in [-0.4, -0.2) is 49.0 Å². The Balaban J connectivity index is 1.92. The summed E-state index contributed by atoms with van der Waals surface area (Å²) in [7, 11) is 4.60. The van der Waals surface area contributed by atoms with Crippen LogP contribution in [0.3, 0.4) is 0 Å². The van der Waals surface area contributed by atoms with Gasteiger partial charge in [-0.1, -0.05) is 23.4 Å². The first-order valence-electron chi connectivity index (χ1n) is 9.05. The molecule has 0 atom stereocenters. The van der Waals surface area contributed by atoms with E-state index in [0.29, 0.717) is 51.3 Å². The third-order valence-corrected chi connectivity index (χ3v) is 5.65. The summed E-state index contributed by atoms with van der Waals surface area (Å²) in [6.07, 6.45) is 0. The molecule has 3 aromatic rings. The molecule has 0 saturated heterocycles. The van der Waals surface area contributed by atoms with Crippen molar-refractivity contribution in [2.75, 3.05) is 33.7 Å². The number of ether oxygens (including phenoxy) is 3. The Morgan fingerprint density at radius 1 is 1.13 bits per heavy atom. The molecule has 2 aromatic carbocycles. The van der Waals surface area contributed by atoms with E-state index in [1.807, 2.05) is 0 Å². The summed E-state index contributed by atoms with van der Waals surface area (Å²) in [6.45, 7) is 0.664. The highest BCUT2D eigenvalue weighted by atomic mass is 35.5. The van der Waals surface area contributed by atoms with Crippen LogP contribution in [-0.2, 0) is 11.3 Å². The molecule has 0 amide bonds. The number of thioether (sulfide) groups is 1. The zero-order chi connectivity index (χ0) is 21.7. The Kier molecular flexibility index (Phi) is 7.36. The molecule has 0 saturated carbocycles. The molecule has 0 aliphatic carbocycles. The summed E-state index contributed by atoms with van der Waals surface area (Å²) in [6, 6.07) is 9.95. The number of aromatic nitrogens is 2. The Labute approximate surface area is 182 Å². The first kappa shape index (κ1) is 22.1. The summed E-state index contributed by atoms with van der Waals surface area (Å²) < 4.78 is 17.1. The van der Waals surface area contributed by atoms with E-state index in [-0.39, 0.29) is 17.1 Å². The standard InChI is InChI=1S/C21H21ClN2O5S/c1-27-9-8-24-20(26)15-6-4-13(22)10-17(15)23-21(24)30-12-18(25)16-7-5-14(28-2)11-19(16)29-3/h4-7,10-11H,8-9,12H2,1-3H3. The molecule has 158 valence electrons. The van der Waals surface area contributed by atoms with Crippen LogP contribution < -0.4 is 15.0 Å². The smallest absolute Gasteiger partial charge is 0.262 e. The Bertz CT molecular complexity index is 1130. The third-order valence-electron chi connectivity index (χ3n) is 4.44. The second-order valence-electron chi connectivity index (χ2n) is 6.28. The van der Waals surface area contributed by atoms with Gasteiger partial charge < -0.3 is 14.2 Å². The van der Waals surface area contributed by atoms with E-state index in [9.17, 15) is 9.59 Å². The molecule has 0 N–H and O–H groups in total. The minimum atomic E-state index is -0.203. The zero-order valence-electron chi connectivity index (χ0n) is 16.8. The molecule has 0 radical (unpaired) electrons. The van der Waals surface area contributed by atoms with Crippen molar-refractivity contribution < 1.29 is 19.0 Å². The van der Waals surface area contributed by atoms with Gasteiger partial charge in [0, 0.05) is 18.2 Å². The Morgan fingerprint density at radius 2 is 1.93 bits per heavy atom. The number of carbonyl (C=O) groups is 1. The molecule has 0 fully saturated rings. The largest absolute Gasteiger partial charge is 0.497 e. The van der Waals surface area contributed by atoms with Crippen LogP contribution in [0.15, 0.2) is 46.3 Å². The molecule has 7 nitrogen and oxygen atoms in total. The Hall–Kier alpha value is -2.55. The fourth-order valence-corrected chi connectivity index (χ4v) is 3.98. The first-order valence-corrected chi connectivity index (χ1v) is 10.4. The van der Waals surface area contributed by atoms with Crippen molar-refractivity contribution in [2.24, 2.45) is 0 Å². The van der Waals surface area contributed by atoms with Gasteiger partial charge in [-0.3, -0.25) is 14.2 Å². The van der Waals surface area contributed by atoms with Gasteiger partial charge in [0.15, 0.2) is 10.9 Å². The van der Waals surface area contributed by atoms with Crippen LogP contribution in [0.2, 0.25) is 5.02 Å². The number of halogens is 1. The van der Waals surface area contributed by atoms with Crippen molar-refractivity contribution in [1.29, 1.82) is 0 Å². The normalized spacial score (nSPS) is 10.9. The number of ketones is 1. The number of hydrogen-bond donors (Lipinski definition) is 0. The molecule has 0 spiro atoms. The maximum atomic E-state index is 12.9. The van der Waals surface area contributed by atoms with E-state index in [1.54, 1.807) is 50.6 Å². The molecule has 9 heteroatoms. The minimum absolute atomic E-state index is 0.0776. The summed E-state index contributed by atoms with van der Waals surface area (Å²) in [5.41, 5.74) is 0.712. The van der Waals surface area contributed by atoms with Crippen molar-refractivity contribution in [2.45, 2.75) is 11.7 Å². The first-order chi connectivity index (χ1) is 14.5. The lowest BCUT2D eigenvalue weighted by Crippen LogP contribution is -2.25. The minimum Gasteiger partial charge on any atom is -0.497 e. The SMILES string of the molecule is COCCn1c(SCC(=O)c2ccc(OC)cc2OC)nc2cc(Cl)ccc2c1=O. The van der Waals surface area contributed by atoms with Gasteiger partial charge in [0.05, 0.1) is 49.6 Å². The van der Waals surface area contributed by atoms with Crippen LogP contribution in [0.25, 0.3) is 10.9 Å². The van der Waals surface area contributed by atoms with E-state index < -0.39 is 0 Å². The number of nitrogens with zero attached hydrogens (tertiary/aromatic N) is 2. The maximum absolute atomic E-state index is 12.9. The van der Waals surface area contributed by atoms with Gasteiger partial charge in [0.2, 0.25) is 0 Å². The van der Waals surface area contributed by atoms with Crippen LogP contribution >= 0.6 is 23.4 Å². The van der Waals surface area contributed by atoms with E-state index in [1.165, 1.54) is 23.4 Å². The predicted molar refractivity (Wildman–Crippen MR) is 117 cm³/mol. The van der Waals surface area contributed by atoms with E-state index in [2.05, 4.69) is 4.98 Å². The highest BCUT2D eigenvalue weighted by molar-refractivity contribution is 7.99. The average molecular weight is 449 g/mol. The number of hydrogen-bond acceptors (Lipinski definition) is 7. The number of fused-ring (bicyclic) bond motifs is 1. The molecular formula is C21H21ClN2O5S. The predicted octanol–water partition coefficient (Wildman–Crippen LogP) is 3.69. The van der Waals surface area contributed by atoms with Crippen molar-refractivity contribution in [3.63, 3.8) is 0 Å². The molecule has 1 heterocycles. The van der Waals surface area contributed by atoms with E-state index in [0.717, 1.165) is 0 Å². The highest BCUT2D eigenvalue weighted by Crippen LogP contribution is 2.27. The maximum Gasteiger partial charge on any atom is 0.262 e. The lowest BCUT2D eigenvalue weighted by atomic mass is 10.1. The summed E-state index contributed by atoms with van der Waals surface area (Å²) >= 11 is 7.24. The molecule has 0 aliphatic rings. The number of methoxy groups -OCH3 is 3. The lowest BCUT2D eigenvalue weighted by Gasteiger charge is -2.13. The fourth-order valence-electron chi connectivity index (χ4n) is 2.90. The summed E-state index contributed by atoms with van der Waals surface area (Å²) in [5, 5.41) is 1.37. The summed E-state index contributed by atoms with van der Waals surface area (Å²) in [5.74, 6) is 0.944. The van der Waals surface area contributed by atoms with Crippen molar-refractivity contribution >= 4 is 40.0 Å². The van der Waals surface area contributed by atoms with Crippen LogP contribution in [0, 0.1) is 0 Å². The van der Waals surface area contributed by atoms with Gasteiger partial charge in [0.25, 0.3) is 5.56 Å². The van der Waals surface area contributed by atoms with Gasteiger partial charge >= 0.3 is 0 Å². The molecular weight excluding hydrogens is 428 g/mol. The molecule has 3 rings (SSSR count). The van der Waals surface area contributed by atoms with Gasteiger partial charge in [-0.2, -0.15) is 0 Å². The zero-order valence-corrected chi connectivity index (χ0v) is 18.4. The quantitative estimate of drug-likeness (QED) is 0.280. The third kappa shape index (κ3) is 4.77. The lowest BCUT2D eigenvalue weighted by molar-refractivity contribution is 0.101. The van der Waals surface area contributed by atoms with Gasteiger partial charge in [-0.15, -0.1) is 0 Å². The van der Waals surface area contributed by atoms with Crippen LogP contribution in [0.1, 0.15) is 10.4 Å². The Morgan fingerprint density at radius 3 is 2.63 bits per heavy atom. The van der Waals surface area contributed by atoms with Crippen LogP contribution in [0.5, 0.6) is 11.5 Å². The number of Topliss-reactive ketones (excluding diaryl/α,β-unsaturated/α-hetero) is 1. The number of carbonyl (C=O) groups excluding carboxylic acids is 1. The monoisotopic (exact) mass is 448 g/mol. The average Bonchev–Trinajstić information content (AvgIpc) is 2.76.